The van der Waals surface area contributed by atoms with Crippen molar-refractivity contribution >= 4 is 7.60 Å². The molecule has 0 rings (SSSR count). The van der Waals surface area contributed by atoms with Gasteiger partial charge in [0.1, 0.15) is 0 Å². The zero-order chi connectivity index (χ0) is 13.1. The first-order chi connectivity index (χ1) is 8.02. The monoisotopic (exact) mass is 258 g/mol. The van der Waals surface area contributed by atoms with Gasteiger partial charge in [0, 0.05) is 0 Å². The number of rotatable bonds is 9. The Kier molecular flexibility index (Phi) is 9.06. The van der Waals surface area contributed by atoms with E-state index < -0.39 is 13.3 Å². The third-order valence-corrected chi connectivity index (χ3v) is 4.17. The van der Waals surface area contributed by atoms with Gasteiger partial charge in [-0.1, -0.05) is 50.3 Å². The molecule has 0 fully saturated rings. The molecule has 1 atom stereocenters. The maximum Gasteiger partial charge on any atom is 0.328 e. The van der Waals surface area contributed by atoms with Gasteiger partial charge in [-0.25, -0.2) is 0 Å². The summed E-state index contributed by atoms with van der Waals surface area (Å²) in [6, 6.07) is 0. The topological polar surface area (TPSA) is 57.5 Å². The van der Waals surface area contributed by atoms with Crippen LogP contribution in [0.2, 0.25) is 0 Å². The van der Waals surface area contributed by atoms with Crippen molar-refractivity contribution in [2.24, 2.45) is 0 Å². The summed E-state index contributed by atoms with van der Waals surface area (Å²) in [4.78, 5) is 18.1. The zero-order valence-electron chi connectivity index (χ0n) is 10.5. The van der Waals surface area contributed by atoms with E-state index in [1.807, 2.05) is 25.2 Å². The van der Waals surface area contributed by atoms with Gasteiger partial charge >= 0.3 is 7.60 Å². The fraction of sp³-hybridized carbons (Fsp3) is 0.538. The minimum absolute atomic E-state index is 0.466. The first-order valence-corrected chi connectivity index (χ1v) is 7.70. The number of unbranched alkanes of at least 4 members (excludes halogenated alkanes) is 2. The Balaban J connectivity index is 3.70. The van der Waals surface area contributed by atoms with Crippen LogP contribution in [0.3, 0.4) is 0 Å². The van der Waals surface area contributed by atoms with E-state index in [1.165, 1.54) is 0 Å². The molecule has 3 nitrogen and oxygen atoms in total. The predicted octanol–water partition coefficient (Wildman–Crippen LogP) is 3.80. The van der Waals surface area contributed by atoms with Crippen LogP contribution in [0.5, 0.6) is 0 Å². The highest BCUT2D eigenvalue weighted by atomic mass is 31.2. The van der Waals surface area contributed by atoms with Crippen molar-refractivity contribution in [2.45, 2.75) is 44.7 Å². The zero-order valence-corrected chi connectivity index (χ0v) is 11.4. The summed E-state index contributed by atoms with van der Waals surface area (Å²) in [5.74, 6) is 0. The number of allylic oxidation sites excluding steroid dienone is 5. The molecule has 0 saturated heterocycles. The molecule has 0 amide bonds. The number of hydrogen-bond donors (Lipinski definition) is 2. The highest BCUT2D eigenvalue weighted by Gasteiger charge is 2.25. The molecule has 2 N–H and O–H groups in total. The van der Waals surface area contributed by atoms with Crippen molar-refractivity contribution in [1.29, 1.82) is 0 Å². The molecule has 1 unspecified atom stereocenters. The van der Waals surface area contributed by atoms with Crippen LogP contribution in [0.25, 0.3) is 0 Å². The van der Waals surface area contributed by atoms with Crippen molar-refractivity contribution in [1.82, 2.24) is 0 Å². The summed E-state index contributed by atoms with van der Waals surface area (Å²) in [7, 11) is -3.89. The quantitative estimate of drug-likeness (QED) is 0.375. The average Bonchev–Trinajstić information content (AvgIpc) is 2.25. The average molecular weight is 258 g/mol. The molecule has 17 heavy (non-hydrogen) atoms. The van der Waals surface area contributed by atoms with Crippen molar-refractivity contribution in [3.63, 3.8) is 0 Å². The van der Waals surface area contributed by atoms with Gasteiger partial charge in [0.2, 0.25) is 0 Å². The second-order valence-electron chi connectivity index (χ2n) is 3.98. The maximum absolute atomic E-state index is 11.1. The van der Waals surface area contributed by atoms with Gasteiger partial charge in [0.25, 0.3) is 0 Å². The minimum atomic E-state index is -3.89. The third-order valence-electron chi connectivity index (χ3n) is 2.60. The largest absolute Gasteiger partial charge is 0.328 e. The molecule has 0 aromatic heterocycles. The van der Waals surface area contributed by atoms with E-state index in [9.17, 15) is 4.57 Å². The lowest BCUT2D eigenvalue weighted by molar-refractivity contribution is 0.350. The van der Waals surface area contributed by atoms with Gasteiger partial charge in [0.05, 0.1) is 5.66 Å². The summed E-state index contributed by atoms with van der Waals surface area (Å²) in [5, 5.41) is 0. The van der Waals surface area contributed by atoms with Gasteiger partial charge < -0.3 is 9.79 Å². The Morgan fingerprint density at radius 3 is 2.47 bits per heavy atom. The van der Waals surface area contributed by atoms with Crippen LogP contribution in [0.1, 0.15) is 39.0 Å². The highest BCUT2D eigenvalue weighted by Crippen LogP contribution is 2.45. The second-order valence-corrected chi connectivity index (χ2v) is 5.89. The molecule has 0 aliphatic carbocycles. The Bertz CT molecular complexity index is 302. The van der Waals surface area contributed by atoms with Crippen LogP contribution in [-0.2, 0) is 4.57 Å². The summed E-state index contributed by atoms with van der Waals surface area (Å²) in [6.45, 7) is 5.39. The SMILES string of the molecule is C=CC=CC=CCCCCC(CC)P(=O)(O)O. The van der Waals surface area contributed by atoms with E-state index in [0.717, 1.165) is 19.3 Å². The van der Waals surface area contributed by atoms with Gasteiger partial charge in [-0.2, -0.15) is 0 Å². The second kappa shape index (κ2) is 9.41. The predicted molar refractivity (Wildman–Crippen MR) is 73.1 cm³/mol. The van der Waals surface area contributed by atoms with Crippen LogP contribution in [0, 0.1) is 0 Å². The molecule has 0 radical (unpaired) electrons. The summed E-state index contributed by atoms with van der Waals surface area (Å²) in [6.07, 6.45) is 13.4. The van der Waals surface area contributed by atoms with Crippen LogP contribution < -0.4 is 0 Å². The molecule has 0 aliphatic rings. The highest BCUT2D eigenvalue weighted by molar-refractivity contribution is 7.52. The Morgan fingerprint density at radius 1 is 1.24 bits per heavy atom. The van der Waals surface area contributed by atoms with E-state index in [0.29, 0.717) is 12.8 Å². The Labute approximate surface area is 104 Å². The van der Waals surface area contributed by atoms with Crippen molar-refractivity contribution in [3.05, 3.63) is 37.0 Å². The van der Waals surface area contributed by atoms with Gasteiger partial charge in [0.15, 0.2) is 0 Å². The number of hydrogen-bond acceptors (Lipinski definition) is 1. The lowest BCUT2D eigenvalue weighted by Crippen LogP contribution is -2.06. The van der Waals surface area contributed by atoms with Crippen molar-refractivity contribution < 1.29 is 14.4 Å². The first kappa shape index (κ1) is 16.4. The molecule has 0 aliphatic heterocycles. The fourth-order valence-electron chi connectivity index (χ4n) is 1.57. The molecular formula is C13H23O3P. The summed E-state index contributed by atoms with van der Waals surface area (Å²) >= 11 is 0. The van der Waals surface area contributed by atoms with Gasteiger partial charge in [-0.15, -0.1) is 0 Å². The molecule has 0 heterocycles. The molecule has 0 saturated carbocycles. The van der Waals surface area contributed by atoms with Crippen molar-refractivity contribution in [2.75, 3.05) is 0 Å². The van der Waals surface area contributed by atoms with Crippen LogP contribution >= 0.6 is 7.60 Å². The van der Waals surface area contributed by atoms with Crippen molar-refractivity contribution in [3.8, 4) is 0 Å². The Hall–Kier alpha value is -0.630. The molecule has 0 aromatic carbocycles. The molecule has 0 bridgehead atoms. The normalized spacial score (nSPS) is 14.5. The maximum atomic E-state index is 11.1. The van der Waals surface area contributed by atoms with E-state index in [-0.39, 0.29) is 0 Å². The lowest BCUT2D eigenvalue weighted by atomic mass is 10.1. The van der Waals surface area contributed by atoms with Gasteiger partial charge in [-0.3, -0.25) is 4.57 Å². The van der Waals surface area contributed by atoms with Crippen LogP contribution in [0.4, 0.5) is 0 Å². The Morgan fingerprint density at radius 2 is 1.94 bits per heavy atom. The van der Waals surface area contributed by atoms with Gasteiger partial charge in [-0.05, 0) is 25.7 Å². The van der Waals surface area contributed by atoms with E-state index in [2.05, 4.69) is 12.7 Å². The van der Waals surface area contributed by atoms with E-state index >= 15 is 0 Å². The lowest BCUT2D eigenvalue weighted by Gasteiger charge is -2.15. The molecule has 98 valence electrons. The first-order valence-electron chi connectivity index (χ1n) is 6.01. The molecule has 0 aromatic rings. The summed E-state index contributed by atoms with van der Waals surface area (Å²) < 4.78 is 11.1. The minimum Gasteiger partial charge on any atom is -0.324 e. The van der Waals surface area contributed by atoms with Crippen LogP contribution in [0.15, 0.2) is 37.0 Å². The molecule has 0 spiro atoms. The smallest absolute Gasteiger partial charge is 0.324 e. The standard InChI is InChI=1S/C13H23O3P/c1-3-5-6-7-8-9-10-11-12-13(4-2)17(14,15)16/h3,5-8,13H,1,4,9-12H2,2H3,(H2,14,15,16). The summed E-state index contributed by atoms with van der Waals surface area (Å²) in [5.41, 5.74) is -0.466. The fourth-order valence-corrected chi connectivity index (χ4v) is 2.56. The molecule has 4 heteroatoms. The van der Waals surface area contributed by atoms with E-state index in [4.69, 9.17) is 9.79 Å². The van der Waals surface area contributed by atoms with E-state index in [1.54, 1.807) is 6.08 Å². The van der Waals surface area contributed by atoms with Crippen LogP contribution in [-0.4, -0.2) is 15.4 Å². The third kappa shape index (κ3) is 9.11. The molecular weight excluding hydrogens is 235 g/mol.